The zero-order valence-electron chi connectivity index (χ0n) is 14.8. The Labute approximate surface area is 155 Å². The number of rotatable bonds is 4. The molecule has 6 heteroatoms. The van der Waals surface area contributed by atoms with Crippen molar-refractivity contribution in [3.05, 3.63) is 63.8 Å². The summed E-state index contributed by atoms with van der Waals surface area (Å²) in [6, 6.07) is 10.2. The molecule has 0 aliphatic carbocycles. The molecular weight excluding hydrogens is 351 g/mol. The standard InChI is InChI=1S/C20H19FN2O2S/c1-11-7-12(2)19(13(3)8-11)23-18(24)10-22-20(25)17-9-14-15(21)5-4-6-16(14)26-17/h4-9H,10H2,1-3H3,(H,22,25)(H,23,24). The number of benzene rings is 2. The Morgan fingerprint density at radius 3 is 2.42 bits per heavy atom. The molecule has 0 aliphatic heterocycles. The number of fused-ring (bicyclic) bond motifs is 1. The lowest BCUT2D eigenvalue weighted by Crippen LogP contribution is -2.32. The van der Waals surface area contributed by atoms with E-state index in [9.17, 15) is 14.0 Å². The Balaban J connectivity index is 1.65. The lowest BCUT2D eigenvalue weighted by Gasteiger charge is -2.13. The normalized spacial score (nSPS) is 10.8. The van der Waals surface area contributed by atoms with E-state index < -0.39 is 5.91 Å². The number of halogens is 1. The van der Waals surface area contributed by atoms with E-state index in [0.717, 1.165) is 22.4 Å². The first-order valence-corrected chi connectivity index (χ1v) is 9.01. The van der Waals surface area contributed by atoms with Crippen LogP contribution in [0, 0.1) is 26.6 Å². The molecule has 134 valence electrons. The Hall–Kier alpha value is -2.73. The zero-order chi connectivity index (χ0) is 18.8. The van der Waals surface area contributed by atoms with Crippen LogP contribution in [0.3, 0.4) is 0 Å². The summed E-state index contributed by atoms with van der Waals surface area (Å²) in [6.45, 7) is 5.71. The van der Waals surface area contributed by atoms with E-state index in [1.165, 1.54) is 23.5 Å². The average Bonchev–Trinajstić information content (AvgIpc) is 3.01. The van der Waals surface area contributed by atoms with Crippen LogP contribution < -0.4 is 10.6 Å². The van der Waals surface area contributed by atoms with Crippen molar-refractivity contribution in [1.82, 2.24) is 5.32 Å². The fraction of sp³-hybridized carbons (Fsp3) is 0.200. The quantitative estimate of drug-likeness (QED) is 0.718. The number of amides is 2. The summed E-state index contributed by atoms with van der Waals surface area (Å²) >= 11 is 1.20. The monoisotopic (exact) mass is 370 g/mol. The number of hydrogen-bond acceptors (Lipinski definition) is 3. The SMILES string of the molecule is Cc1cc(C)c(NC(=O)CNC(=O)c2cc3c(F)cccc3s2)c(C)c1. The number of aryl methyl sites for hydroxylation is 3. The first-order valence-electron chi connectivity index (χ1n) is 8.19. The van der Waals surface area contributed by atoms with Crippen LogP contribution in [0.25, 0.3) is 10.1 Å². The van der Waals surface area contributed by atoms with Gasteiger partial charge < -0.3 is 10.6 Å². The van der Waals surface area contributed by atoms with Crippen molar-refractivity contribution in [1.29, 1.82) is 0 Å². The summed E-state index contributed by atoms with van der Waals surface area (Å²) in [5.41, 5.74) is 3.84. The first-order chi connectivity index (χ1) is 12.3. The molecule has 2 N–H and O–H groups in total. The summed E-state index contributed by atoms with van der Waals surface area (Å²) in [4.78, 5) is 24.8. The van der Waals surface area contributed by atoms with Gasteiger partial charge in [-0.25, -0.2) is 4.39 Å². The van der Waals surface area contributed by atoms with Crippen molar-refractivity contribution >= 4 is 38.9 Å². The zero-order valence-corrected chi connectivity index (χ0v) is 15.6. The maximum Gasteiger partial charge on any atom is 0.261 e. The van der Waals surface area contributed by atoms with Gasteiger partial charge in [0.05, 0.1) is 11.4 Å². The molecule has 0 radical (unpaired) electrons. The van der Waals surface area contributed by atoms with Crippen LogP contribution in [0.1, 0.15) is 26.4 Å². The van der Waals surface area contributed by atoms with Crippen LogP contribution in [-0.2, 0) is 4.79 Å². The molecule has 1 aromatic heterocycles. The van der Waals surface area contributed by atoms with Gasteiger partial charge in [-0.15, -0.1) is 11.3 Å². The number of carbonyl (C=O) groups is 2. The minimum atomic E-state index is -0.391. The largest absolute Gasteiger partial charge is 0.342 e. The smallest absolute Gasteiger partial charge is 0.261 e. The van der Waals surface area contributed by atoms with Gasteiger partial charge >= 0.3 is 0 Å². The van der Waals surface area contributed by atoms with Crippen LogP contribution in [0.2, 0.25) is 0 Å². The fourth-order valence-corrected chi connectivity index (χ4v) is 3.94. The molecule has 0 bridgehead atoms. The van der Waals surface area contributed by atoms with E-state index >= 15 is 0 Å². The molecule has 1 heterocycles. The van der Waals surface area contributed by atoms with Gasteiger partial charge in [0.1, 0.15) is 5.82 Å². The lowest BCUT2D eigenvalue weighted by atomic mass is 10.1. The Morgan fingerprint density at radius 1 is 1.08 bits per heavy atom. The highest BCUT2D eigenvalue weighted by molar-refractivity contribution is 7.20. The highest BCUT2D eigenvalue weighted by Gasteiger charge is 2.14. The van der Waals surface area contributed by atoms with Crippen molar-refractivity contribution in [2.45, 2.75) is 20.8 Å². The fourth-order valence-electron chi connectivity index (χ4n) is 2.95. The van der Waals surface area contributed by atoms with Crippen molar-refractivity contribution < 1.29 is 14.0 Å². The van der Waals surface area contributed by atoms with Crippen LogP contribution in [0.5, 0.6) is 0 Å². The third kappa shape index (κ3) is 3.75. The molecule has 0 fully saturated rings. The van der Waals surface area contributed by atoms with Crippen molar-refractivity contribution in [2.75, 3.05) is 11.9 Å². The van der Waals surface area contributed by atoms with E-state index in [1.54, 1.807) is 12.1 Å². The molecule has 0 spiro atoms. The van der Waals surface area contributed by atoms with E-state index in [4.69, 9.17) is 0 Å². The van der Waals surface area contributed by atoms with Gasteiger partial charge in [0.2, 0.25) is 5.91 Å². The summed E-state index contributed by atoms with van der Waals surface area (Å²) in [7, 11) is 0. The minimum absolute atomic E-state index is 0.150. The molecule has 0 aliphatic rings. The van der Waals surface area contributed by atoms with Crippen LogP contribution >= 0.6 is 11.3 Å². The molecule has 0 atom stereocenters. The van der Waals surface area contributed by atoms with Crippen molar-refractivity contribution in [3.8, 4) is 0 Å². The van der Waals surface area contributed by atoms with Gasteiger partial charge in [0.15, 0.2) is 0 Å². The topological polar surface area (TPSA) is 58.2 Å². The number of hydrogen-bond donors (Lipinski definition) is 2. The molecular formula is C20H19FN2O2S. The molecule has 2 amide bonds. The minimum Gasteiger partial charge on any atom is -0.342 e. The molecule has 2 aromatic carbocycles. The number of anilines is 1. The molecule has 3 rings (SSSR count). The van der Waals surface area contributed by atoms with Crippen LogP contribution in [0.15, 0.2) is 36.4 Å². The van der Waals surface area contributed by atoms with Gasteiger partial charge in [0.25, 0.3) is 5.91 Å². The summed E-state index contributed by atoms with van der Waals surface area (Å²) in [5, 5.41) is 5.84. The number of thiophene rings is 1. The van der Waals surface area contributed by atoms with Gasteiger partial charge in [0, 0.05) is 15.8 Å². The van der Waals surface area contributed by atoms with E-state index in [-0.39, 0.29) is 18.3 Å². The van der Waals surface area contributed by atoms with Gasteiger partial charge in [-0.05, 0) is 50.1 Å². The molecule has 26 heavy (non-hydrogen) atoms. The highest BCUT2D eigenvalue weighted by atomic mass is 32.1. The molecule has 0 saturated heterocycles. The molecule has 3 aromatic rings. The Bertz CT molecular complexity index is 987. The van der Waals surface area contributed by atoms with E-state index in [2.05, 4.69) is 10.6 Å². The maximum absolute atomic E-state index is 13.7. The van der Waals surface area contributed by atoms with E-state index in [0.29, 0.717) is 15.0 Å². The second kappa shape index (κ2) is 7.25. The van der Waals surface area contributed by atoms with E-state index in [1.807, 2.05) is 32.9 Å². The summed E-state index contributed by atoms with van der Waals surface area (Å²) < 4.78 is 14.4. The van der Waals surface area contributed by atoms with Crippen molar-refractivity contribution in [2.24, 2.45) is 0 Å². The lowest BCUT2D eigenvalue weighted by molar-refractivity contribution is -0.115. The predicted octanol–water partition coefficient (Wildman–Crippen LogP) is 4.33. The summed E-state index contributed by atoms with van der Waals surface area (Å²) in [6.07, 6.45) is 0. The Kier molecular flexibility index (Phi) is 5.04. The number of carbonyl (C=O) groups excluding carboxylic acids is 2. The third-order valence-corrected chi connectivity index (χ3v) is 5.18. The highest BCUT2D eigenvalue weighted by Crippen LogP contribution is 2.27. The van der Waals surface area contributed by atoms with Crippen LogP contribution in [-0.4, -0.2) is 18.4 Å². The third-order valence-electron chi connectivity index (χ3n) is 4.08. The van der Waals surface area contributed by atoms with Gasteiger partial charge in [-0.3, -0.25) is 9.59 Å². The molecule has 0 saturated carbocycles. The first kappa shape index (κ1) is 18.1. The predicted molar refractivity (Wildman–Crippen MR) is 103 cm³/mol. The molecule has 0 unspecified atom stereocenters. The summed E-state index contributed by atoms with van der Waals surface area (Å²) in [5.74, 6) is -1.06. The maximum atomic E-state index is 13.7. The van der Waals surface area contributed by atoms with Gasteiger partial charge in [-0.2, -0.15) is 0 Å². The van der Waals surface area contributed by atoms with Crippen LogP contribution in [0.4, 0.5) is 10.1 Å². The average molecular weight is 370 g/mol. The van der Waals surface area contributed by atoms with Gasteiger partial charge in [-0.1, -0.05) is 23.8 Å². The number of nitrogens with one attached hydrogen (secondary N) is 2. The molecule has 4 nitrogen and oxygen atoms in total. The Morgan fingerprint density at radius 2 is 1.77 bits per heavy atom. The second-order valence-electron chi connectivity index (χ2n) is 6.27. The second-order valence-corrected chi connectivity index (χ2v) is 7.35. The van der Waals surface area contributed by atoms with Crippen molar-refractivity contribution in [3.63, 3.8) is 0 Å².